The summed E-state index contributed by atoms with van der Waals surface area (Å²) in [5, 5.41) is 29.6. The van der Waals surface area contributed by atoms with E-state index in [9.17, 15) is 4.79 Å². The van der Waals surface area contributed by atoms with Crippen molar-refractivity contribution in [3.63, 3.8) is 0 Å². The Morgan fingerprint density at radius 1 is 0.841 bits per heavy atom. The normalized spacial score (nSPS) is 18.0. The van der Waals surface area contributed by atoms with Crippen LogP contribution in [0.5, 0.6) is 11.5 Å². The van der Waals surface area contributed by atoms with Gasteiger partial charge in [-0.3, -0.25) is 4.79 Å². The number of anilines is 1. The number of fused-ring (bicyclic) bond motifs is 1. The van der Waals surface area contributed by atoms with Crippen molar-refractivity contribution in [3.8, 4) is 11.5 Å². The van der Waals surface area contributed by atoms with Crippen molar-refractivity contribution >= 4 is 47.2 Å². The van der Waals surface area contributed by atoms with E-state index in [2.05, 4.69) is 22.9 Å². The number of ether oxygens (including phenoxy) is 2. The molecule has 2 aromatic rings. The average Bonchev–Trinajstić information content (AvgIpc) is 3.00. The average molecular weight is 636 g/mol. The van der Waals surface area contributed by atoms with Crippen molar-refractivity contribution in [2.45, 2.75) is 22.5 Å². The Kier molecular flexibility index (Phi) is 13.4. The Morgan fingerprint density at radius 2 is 1.41 bits per heavy atom. The molecule has 0 saturated carbocycles. The number of aliphatic carboxylic acids is 4. The summed E-state index contributed by atoms with van der Waals surface area (Å²) < 4.78 is 10.5. The molecule has 1 saturated heterocycles. The van der Waals surface area contributed by atoms with Crippen LogP contribution in [0, 0.1) is 0 Å². The van der Waals surface area contributed by atoms with Gasteiger partial charge in [0, 0.05) is 43.7 Å². The van der Waals surface area contributed by atoms with E-state index in [0.29, 0.717) is 0 Å². The lowest BCUT2D eigenvalue weighted by Gasteiger charge is -2.42. The van der Waals surface area contributed by atoms with Crippen LogP contribution in [-0.4, -0.2) is 121 Å². The molecule has 0 aromatic heterocycles. The third-order valence-corrected chi connectivity index (χ3v) is 8.48. The Hall–Kier alpha value is -4.34. The second-order valence-electron chi connectivity index (χ2n) is 9.80. The number of benzene rings is 2. The molecule has 0 spiro atoms. The van der Waals surface area contributed by atoms with Crippen LogP contribution in [0.25, 0.3) is 0 Å². The van der Waals surface area contributed by atoms with Gasteiger partial charge < -0.3 is 44.6 Å². The quantitative estimate of drug-likeness (QED) is 0.323. The highest BCUT2D eigenvalue weighted by molar-refractivity contribution is 8.01. The summed E-state index contributed by atoms with van der Waals surface area (Å²) in [6.45, 7) is 5.34. The number of piperazine rings is 1. The van der Waals surface area contributed by atoms with Crippen molar-refractivity contribution in [2.75, 3.05) is 65.9 Å². The molecule has 14 nitrogen and oxygen atoms in total. The number of rotatable bonds is 7. The molecule has 44 heavy (non-hydrogen) atoms. The molecule has 0 aliphatic carbocycles. The Labute approximate surface area is 258 Å². The zero-order valence-corrected chi connectivity index (χ0v) is 25.7. The van der Waals surface area contributed by atoms with Crippen LogP contribution in [0.15, 0.2) is 47.4 Å². The fourth-order valence-electron chi connectivity index (χ4n) is 4.65. The van der Waals surface area contributed by atoms with Crippen molar-refractivity contribution in [1.29, 1.82) is 0 Å². The summed E-state index contributed by atoms with van der Waals surface area (Å²) in [7, 11) is 7.37. The zero-order valence-electron chi connectivity index (χ0n) is 24.9. The fraction of sp³-hybridized carbons (Fsp3) is 0.414. The van der Waals surface area contributed by atoms with Crippen molar-refractivity contribution < 1.29 is 53.9 Å². The molecule has 1 amide bonds. The van der Waals surface area contributed by atoms with E-state index in [4.69, 9.17) is 49.1 Å². The maximum absolute atomic E-state index is 14.0. The van der Waals surface area contributed by atoms with E-state index in [-0.39, 0.29) is 5.91 Å². The molecule has 240 valence electrons. The Bertz CT molecular complexity index is 1300. The van der Waals surface area contributed by atoms with E-state index in [1.165, 1.54) is 0 Å². The first kappa shape index (κ1) is 35.9. The first-order valence-electron chi connectivity index (χ1n) is 13.4. The first-order valence-corrected chi connectivity index (χ1v) is 14.2. The molecule has 4 rings (SSSR count). The van der Waals surface area contributed by atoms with Gasteiger partial charge in [-0.25, -0.2) is 19.2 Å². The molecule has 0 bridgehead atoms. The van der Waals surface area contributed by atoms with E-state index in [1.807, 2.05) is 43.4 Å². The van der Waals surface area contributed by atoms with Crippen LogP contribution in [-0.2, 0) is 28.7 Å². The number of amides is 1. The van der Waals surface area contributed by atoms with E-state index in [1.54, 1.807) is 30.9 Å². The SMILES string of the molecule is COc1ccc(OC)c(C2(CCCN3CCN(C)CC3)Sc3ccccc3N(C)C2=O)c1.O=C(O)C(=O)O.O=C(O)C(=O)O. The summed E-state index contributed by atoms with van der Waals surface area (Å²) in [6.07, 6.45) is 1.66. The second-order valence-corrected chi connectivity index (χ2v) is 11.1. The van der Waals surface area contributed by atoms with Gasteiger partial charge >= 0.3 is 23.9 Å². The minimum absolute atomic E-state index is 0.0890. The smallest absolute Gasteiger partial charge is 0.414 e. The molecule has 15 heteroatoms. The highest BCUT2D eigenvalue weighted by atomic mass is 32.2. The Morgan fingerprint density at radius 3 is 1.93 bits per heavy atom. The van der Waals surface area contributed by atoms with Gasteiger partial charge in [-0.15, -0.1) is 11.8 Å². The van der Waals surface area contributed by atoms with E-state index >= 15 is 0 Å². The Balaban J connectivity index is 0.000000477. The second kappa shape index (κ2) is 16.5. The summed E-state index contributed by atoms with van der Waals surface area (Å²) in [4.78, 5) is 58.2. The van der Waals surface area contributed by atoms with Gasteiger partial charge in [-0.2, -0.15) is 0 Å². The number of carboxylic acids is 4. The topological polar surface area (TPSA) is 194 Å². The van der Waals surface area contributed by atoms with Crippen LogP contribution >= 0.6 is 11.8 Å². The van der Waals surface area contributed by atoms with Gasteiger partial charge in [0.2, 0.25) is 5.91 Å². The number of para-hydroxylation sites is 1. The number of nitrogens with zero attached hydrogens (tertiary/aromatic N) is 3. The lowest BCUT2D eigenvalue weighted by atomic mass is 9.89. The predicted octanol–water partition coefficient (Wildman–Crippen LogP) is 2.01. The number of hydrogen-bond acceptors (Lipinski definition) is 10. The summed E-state index contributed by atoms with van der Waals surface area (Å²) in [5.41, 5.74) is 1.84. The molecule has 2 aliphatic rings. The number of methoxy groups -OCH3 is 2. The molecule has 4 N–H and O–H groups in total. The van der Waals surface area contributed by atoms with E-state index < -0.39 is 28.6 Å². The number of carboxylic acid groups (broad SMARTS) is 4. The summed E-state index contributed by atoms with van der Waals surface area (Å²) >= 11 is 1.65. The van der Waals surface area contributed by atoms with Gasteiger partial charge in [-0.1, -0.05) is 12.1 Å². The third kappa shape index (κ3) is 9.33. The largest absolute Gasteiger partial charge is 0.497 e. The van der Waals surface area contributed by atoms with Gasteiger partial charge in [0.15, 0.2) is 0 Å². The minimum atomic E-state index is -1.82. The van der Waals surface area contributed by atoms with Crippen LogP contribution < -0.4 is 14.4 Å². The summed E-state index contributed by atoms with van der Waals surface area (Å²) in [5.74, 6) is -5.76. The van der Waals surface area contributed by atoms with Crippen LogP contribution in [0.2, 0.25) is 0 Å². The molecule has 1 fully saturated rings. The monoisotopic (exact) mass is 635 g/mol. The predicted molar refractivity (Wildman–Crippen MR) is 161 cm³/mol. The number of likely N-dealkylation sites (N-methyl/N-ethyl adjacent to an activating group) is 2. The standard InChI is InChI=1S/C25H33N3O3S.2C2H2O4/c1-26-14-16-28(17-15-26)13-7-12-25(20-18-19(30-3)10-11-22(20)31-4)24(29)27(2)21-8-5-6-9-23(21)32-25;2*3-1(4)2(5)6/h5-6,8-11,18H,7,12-17H2,1-4H3;2*(H,3,4)(H,5,6). The fourth-order valence-corrected chi connectivity index (χ4v) is 6.22. The van der Waals surface area contributed by atoms with Crippen LogP contribution in [0.3, 0.4) is 0 Å². The molecule has 1 atom stereocenters. The molecular weight excluding hydrogens is 598 g/mol. The number of hydrogen-bond donors (Lipinski definition) is 4. The number of thioether (sulfide) groups is 1. The maximum atomic E-state index is 14.0. The first-order chi connectivity index (χ1) is 20.8. The van der Waals surface area contributed by atoms with Gasteiger partial charge in [0.05, 0.1) is 19.9 Å². The molecule has 0 radical (unpaired) electrons. The van der Waals surface area contributed by atoms with Crippen molar-refractivity contribution in [2.24, 2.45) is 0 Å². The van der Waals surface area contributed by atoms with E-state index in [0.717, 1.165) is 73.2 Å². The molecule has 1 unspecified atom stereocenters. The molecule has 2 heterocycles. The molecular formula is C29H37N3O11S. The van der Waals surface area contributed by atoms with Crippen molar-refractivity contribution in [3.05, 3.63) is 48.0 Å². The highest BCUT2D eigenvalue weighted by Crippen LogP contribution is 2.55. The third-order valence-electron chi connectivity index (χ3n) is 6.97. The van der Waals surface area contributed by atoms with Gasteiger partial charge in [-0.05, 0) is 56.8 Å². The lowest BCUT2D eigenvalue weighted by Crippen LogP contribution is -2.47. The van der Waals surface area contributed by atoms with Crippen LogP contribution in [0.4, 0.5) is 5.69 Å². The van der Waals surface area contributed by atoms with Crippen LogP contribution in [0.1, 0.15) is 18.4 Å². The van der Waals surface area contributed by atoms with Gasteiger partial charge in [0.25, 0.3) is 0 Å². The highest BCUT2D eigenvalue weighted by Gasteiger charge is 2.49. The number of carbonyl (C=O) groups excluding carboxylic acids is 1. The lowest BCUT2D eigenvalue weighted by molar-refractivity contribution is -0.159. The summed E-state index contributed by atoms with van der Waals surface area (Å²) in [6, 6.07) is 13.9. The maximum Gasteiger partial charge on any atom is 0.414 e. The molecule has 2 aliphatic heterocycles. The molecule has 2 aromatic carbocycles. The minimum Gasteiger partial charge on any atom is -0.497 e. The zero-order chi connectivity index (χ0) is 33.0. The number of carbonyl (C=O) groups is 5. The van der Waals surface area contributed by atoms with Gasteiger partial charge in [0.1, 0.15) is 16.2 Å². The van der Waals surface area contributed by atoms with Crippen molar-refractivity contribution in [1.82, 2.24) is 9.80 Å².